The molecule has 0 aromatic heterocycles. The number of nitro benzene ring substituents is 1. The second-order valence-corrected chi connectivity index (χ2v) is 9.75. The Morgan fingerprint density at radius 3 is 2.29 bits per heavy atom. The van der Waals surface area contributed by atoms with Gasteiger partial charge in [-0.2, -0.15) is 4.31 Å². The zero-order chi connectivity index (χ0) is 25.6. The topological polar surface area (TPSA) is 167 Å². The molecule has 1 aliphatic rings. The van der Waals surface area contributed by atoms with E-state index in [1.807, 2.05) is 0 Å². The minimum absolute atomic E-state index is 0.0101. The zero-order valence-electron chi connectivity index (χ0n) is 18.6. The lowest BCUT2D eigenvalue weighted by Crippen LogP contribution is -2.50. The van der Waals surface area contributed by atoms with Gasteiger partial charge >= 0.3 is 5.97 Å². The first-order valence-corrected chi connectivity index (χ1v) is 12.1. The third-order valence-corrected chi connectivity index (χ3v) is 7.44. The average Bonchev–Trinajstić information content (AvgIpc) is 2.86. The molecule has 0 unspecified atom stereocenters. The number of nitrogens with zero attached hydrogens (tertiary/aromatic N) is 3. The largest absolute Gasteiger partial charge is 0.480 e. The summed E-state index contributed by atoms with van der Waals surface area (Å²) in [6.07, 6.45) is -0.275. The lowest BCUT2D eigenvalue weighted by molar-refractivity contribution is -0.385. The Bertz CT molecular complexity index is 1210. The van der Waals surface area contributed by atoms with Crippen LogP contribution in [0, 0.1) is 10.1 Å². The summed E-state index contributed by atoms with van der Waals surface area (Å²) >= 11 is 0. The van der Waals surface area contributed by atoms with Crippen LogP contribution >= 0.6 is 0 Å². The molecule has 1 heterocycles. The minimum atomic E-state index is -3.98. The number of amides is 2. The van der Waals surface area contributed by atoms with Crippen LogP contribution in [0.25, 0.3) is 0 Å². The highest BCUT2D eigenvalue weighted by Gasteiger charge is 2.31. The molecular formula is C22H24N4O8S. The number of carbonyl (C=O) groups excluding carboxylic acids is 2. The van der Waals surface area contributed by atoms with Crippen molar-refractivity contribution in [2.24, 2.45) is 0 Å². The number of hydrogen-bond acceptors (Lipinski definition) is 7. The summed E-state index contributed by atoms with van der Waals surface area (Å²) in [5.41, 5.74) is -0.0432. The molecule has 186 valence electrons. The van der Waals surface area contributed by atoms with E-state index in [0.717, 1.165) is 10.4 Å². The molecule has 0 spiro atoms. The fraction of sp³-hybridized carbons (Fsp3) is 0.318. The predicted molar refractivity (Wildman–Crippen MR) is 123 cm³/mol. The number of sulfonamides is 1. The van der Waals surface area contributed by atoms with E-state index in [2.05, 4.69) is 5.32 Å². The van der Waals surface area contributed by atoms with E-state index in [9.17, 15) is 38.0 Å². The van der Waals surface area contributed by atoms with Crippen molar-refractivity contribution in [3.8, 4) is 0 Å². The van der Waals surface area contributed by atoms with E-state index in [1.54, 1.807) is 30.3 Å². The number of nitro groups is 1. The Morgan fingerprint density at radius 2 is 1.69 bits per heavy atom. The van der Waals surface area contributed by atoms with E-state index in [1.165, 1.54) is 23.1 Å². The van der Waals surface area contributed by atoms with Gasteiger partial charge in [0.1, 0.15) is 6.04 Å². The van der Waals surface area contributed by atoms with Gasteiger partial charge in [0.05, 0.1) is 9.82 Å². The Labute approximate surface area is 201 Å². The third kappa shape index (κ3) is 6.39. The number of non-ortho nitro benzene ring substituents is 1. The van der Waals surface area contributed by atoms with Gasteiger partial charge < -0.3 is 15.3 Å². The molecule has 1 saturated heterocycles. The number of aliphatic carboxylic acids is 1. The summed E-state index contributed by atoms with van der Waals surface area (Å²) in [6.45, 7) is 0.149. The highest BCUT2D eigenvalue weighted by atomic mass is 32.2. The van der Waals surface area contributed by atoms with Crippen LogP contribution in [0.1, 0.15) is 23.2 Å². The quantitative estimate of drug-likeness (QED) is 0.378. The standard InChI is InChI=1S/C22H24N4O8S/c27-20(10-9-19(22(29)30)23-21(28)16-5-2-1-3-6-16)24-11-13-25(14-12-24)35(33,34)18-8-4-7-17(15-18)26(31)32/h1-8,15,19H,9-14H2,(H,23,28)(H,29,30)/t19-/m0/s1. The summed E-state index contributed by atoms with van der Waals surface area (Å²) in [6, 6.07) is 11.6. The molecule has 0 bridgehead atoms. The zero-order valence-corrected chi connectivity index (χ0v) is 19.4. The van der Waals surface area contributed by atoms with Crippen molar-refractivity contribution in [1.82, 2.24) is 14.5 Å². The van der Waals surface area contributed by atoms with Gasteiger partial charge in [0.15, 0.2) is 0 Å². The summed E-state index contributed by atoms with van der Waals surface area (Å²) in [5.74, 6) is -2.20. The molecule has 2 aromatic carbocycles. The number of carboxylic acids is 1. The molecule has 2 amide bonds. The number of carboxylic acid groups (broad SMARTS) is 1. The molecule has 2 aromatic rings. The minimum Gasteiger partial charge on any atom is -0.480 e. The van der Waals surface area contributed by atoms with E-state index < -0.39 is 32.9 Å². The molecule has 0 aliphatic carbocycles. The third-order valence-electron chi connectivity index (χ3n) is 5.54. The molecule has 13 heteroatoms. The van der Waals surface area contributed by atoms with Crippen molar-refractivity contribution in [3.63, 3.8) is 0 Å². The molecular weight excluding hydrogens is 480 g/mol. The number of rotatable bonds is 9. The maximum Gasteiger partial charge on any atom is 0.326 e. The van der Waals surface area contributed by atoms with Gasteiger partial charge in [0.25, 0.3) is 11.6 Å². The number of hydrogen-bond donors (Lipinski definition) is 2. The van der Waals surface area contributed by atoms with Crippen LogP contribution in [-0.2, 0) is 19.6 Å². The van der Waals surface area contributed by atoms with Crippen LogP contribution in [-0.4, -0.2) is 77.7 Å². The highest BCUT2D eigenvalue weighted by molar-refractivity contribution is 7.89. The van der Waals surface area contributed by atoms with E-state index in [0.29, 0.717) is 5.56 Å². The molecule has 1 atom stereocenters. The maximum absolute atomic E-state index is 12.8. The average molecular weight is 505 g/mol. The van der Waals surface area contributed by atoms with Crippen molar-refractivity contribution < 1.29 is 32.8 Å². The number of benzene rings is 2. The van der Waals surface area contributed by atoms with Crippen LogP contribution in [0.15, 0.2) is 59.5 Å². The highest BCUT2D eigenvalue weighted by Crippen LogP contribution is 2.22. The van der Waals surface area contributed by atoms with Gasteiger partial charge in [-0.15, -0.1) is 0 Å². The first-order valence-electron chi connectivity index (χ1n) is 10.7. The number of nitrogens with one attached hydrogen (secondary N) is 1. The van der Waals surface area contributed by atoms with Gasteiger partial charge in [-0.3, -0.25) is 19.7 Å². The molecule has 0 radical (unpaired) electrons. The summed E-state index contributed by atoms with van der Waals surface area (Å²) in [4.78, 5) is 47.9. The fourth-order valence-electron chi connectivity index (χ4n) is 3.60. The summed E-state index contributed by atoms with van der Waals surface area (Å²) in [5, 5.41) is 22.8. The fourth-order valence-corrected chi connectivity index (χ4v) is 5.06. The second kappa shape index (κ2) is 11.1. The second-order valence-electron chi connectivity index (χ2n) is 7.81. The Morgan fingerprint density at radius 1 is 1.03 bits per heavy atom. The van der Waals surface area contributed by atoms with E-state index in [4.69, 9.17) is 0 Å². The van der Waals surface area contributed by atoms with Crippen molar-refractivity contribution in [2.75, 3.05) is 26.2 Å². The van der Waals surface area contributed by atoms with Crippen LogP contribution in [0.3, 0.4) is 0 Å². The summed E-state index contributed by atoms with van der Waals surface area (Å²) in [7, 11) is -3.98. The molecule has 3 rings (SSSR count). The van der Waals surface area contributed by atoms with Crippen molar-refractivity contribution >= 4 is 33.5 Å². The SMILES string of the molecule is O=C(N[C@@H](CCC(=O)N1CCN(S(=O)(=O)c2cccc([N+](=O)[O-])c2)CC1)C(=O)O)c1ccccc1. The predicted octanol–water partition coefficient (Wildman–Crippen LogP) is 1.09. The van der Waals surface area contributed by atoms with Gasteiger partial charge in [-0.05, 0) is 24.6 Å². The lowest BCUT2D eigenvalue weighted by Gasteiger charge is -2.34. The molecule has 12 nitrogen and oxygen atoms in total. The van der Waals surface area contributed by atoms with Crippen LogP contribution in [0.2, 0.25) is 0 Å². The van der Waals surface area contributed by atoms with Gasteiger partial charge in [0, 0.05) is 50.3 Å². The van der Waals surface area contributed by atoms with E-state index in [-0.39, 0.29) is 55.5 Å². The Hall–Kier alpha value is -3.84. The normalized spacial score (nSPS) is 15.3. The van der Waals surface area contributed by atoms with Gasteiger partial charge in [0.2, 0.25) is 15.9 Å². The molecule has 2 N–H and O–H groups in total. The molecule has 1 aliphatic heterocycles. The number of carbonyl (C=O) groups is 3. The lowest BCUT2D eigenvalue weighted by atomic mass is 10.1. The molecule has 35 heavy (non-hydrogen) atoms. The first kappa shape index (κ1) is 25.8. The molecule has 0 saturated carbocycles. The molecule has 1 fully saturated rings. The van der Waals surface area contributed by atoms with Crippen LogP contribution in [0.4, 0.5) is 5.69 Å². The van der Waals surface area contributed by atoms with Crippen molar-refractivity contribution in [2.45, 2.75) is 23.8 Å². The Balaban J connectivity index is 1.55. The van der Waals surface area contributed by atoms with E-state index >= 15 is 0 Å². The monoisotopic (exact) mass is 504 g/mol. The number of piperazine rings is 1. The Kier molecular flexibility index (Phi) is 8.14. The van der Waals surface area contributed by atoms with Crippen LogP contribution in [0.5, 0.6) is 0 Å². The smallest absolute Gasteiger partial charge is 0.326 e. The maximum atomic E-state index is 12.8. The van der Waals surface area contributed by atoms with Crippen molar-refractivity contribution in [1.29, 1.82) is 0 Å². The first-order chi connectivity index (χ1) is 16.6. The van der Waals surface area contributed by atoms with Gasteiger partial charge in [-0.25, -0.2) is 13.2 Å². The van der Waals surface area contributed by atoms with Crippen molar-refractivity contribution in [3.05, 3.63) is 70.3 Å². The summed E-state index contributed by atoms with van der Waals surface area (Å²) < 4.78 is 26.8. The van der Waals surface area contributed by atoms with Crippen LogP contribution < -0.4 is 5.32 Å². The van der Waals surface area contributed by atoms with Gasteiger partial charge in [-0.1, -0.05) is 24.3 Å².